The van der Waals surface area contributed by atoms with Crippen molar-refractivity contribution < 1.29 is 31.4 Å². The fourth-order valence-electron chi connectivity index (χ4n) is 3.31. The number of nitrogens with zero attached hydrogens (tertiary/aromatic N) is 4. The van der Waals surface area contributed by atoms with Crippen LogP contribution in [0.1, 0.15) is 18.2 Å². The van der Waals surface area contributed by atoms with Gasteiger partial charge < -0.3 is 9.47 Å². The third-order valence-electron chi connectivity index (χ3n) is 4.60. The molecule has 0 radical (unpaired) electrons. The van der Waals surface area contributed by atoms with Crippen LogP contribution in [0.4, 0.5) is 27.6 Å². The predicted octanol–water partition coefficient (Wildman–Crippen LogP) is 4.67. The van der Waals surface area contributed by atoms with Crippen molar-refractivity contribution in [2.75, 3.05) is 5.01 Å². The Morgan fingerprint density at radius 3 is 2.42 bits per heavy atom. The molecule has 4 rings (SSSR count). The van der Waals surface area contributed by atoms with Crippen molar-refractivity contribution in [3.63, 3.8) is 0 Å². The van der Waals surface area contributed by atoms with Crippen molar-refractivity contribution in [3.05, 3.63) is 76.7 Å². The molecule has 1 aliphatic heterocycles. The van der Waals surface area contributed by atoms with Crippen molar-refractivity contribution in [3.8, 4) is 17.2 Å². The Hall–Kier alpha value is -3.96. The number of halogens is 5. The quantitative estimate of drug-likeness (QED) is 0.494. The smallest absolute Gasteiger partial charge is 0.435 e. The minimum atomic E-state index is -4.86. The second-order valence-electron chi connectivity index (χ2n) is 6.82. The predicted molar refractivity (Wildman–Crippen MR) is 108 cm³/mol. The maximum atomic E-state index is 12.6. The van der Waals surface area contributed by atoms with Gasteiger partial charge in [-0.05, 0) is 24.3 Å². The van der Waals surface area contributed by atoms with Crippen LogP contribution in [0.2, 0.25) is 0 Å². The highest BCUT2D eigenvalue weighted by molar-refractivity contribution is 5.68. The lowest BCUT2D eigenvalue weighted by Gasteiger charge is -2.24. The number of hydrazone groups is 1. The van der Waals surface area contributed by atoms with Gasteiger partial charge in [-0.2, -0.15) is 19.0 Å². The maximum absolute atomic E-state index is 12.6. The zero-order valence-corrected chi connectivity index (χ0v) is 16.6. The molecule has 0 fully saturated rings. The molecular weight excluding hydrogens is 451 g/mol. The molecule has 0 saturated carbocycles. The molecular formula is C21H15F5N4O3. The zero-order chi connectivity index (χ0) is 23.6. The molecule has 7 nitrogen and oxygen atoms in total. The highest BCUT2D eigenvalue weighted by atomic mass is 19.4. The summed E-state index contributed by atoms with van der Waals surface area (Å²) in [5.74, 6) is -0.521. The molecule has 33 heavy (non-hydrogen) atoms. The van der Waals surface area contributed by atoms with Gasteiger partial charge in [0.15, 0.2) is 0 Å². The van der Waals surface area contributed by atoms with Crippen LogP contribution in [-0.4, -0.2) is 29.0 Å². The van der Waals surface area contributed by atoms with E-state index in [0.29, 0.717) is 5.69 Å². The van der Waals surface area contributed by atoms with E-state index >= 15 is 0 Å². The molecule has 2 heterocycles. The molecule has 0 N–H and O–H groups in total. The Morgan fingerprint density at radius 2 is 1.70 bits per heavy atom. The van der Waals surface area contributed by atoms with E-state index in [1.165, 1.54) is 58.5 Å². The average molecular weight is 466 g/mol. The fourth-order valence-corrected chi connectivity index (χ4v) is 3.31. The van der Waals surface area contributed by atoms with Gasteiger partial charge in [-0.25, -0.2) is 4.68 Å². The number of benzene rings is 2. The van der Waals surface area contributed by atoms with Gasteiger partial charge in [0, 0.05) is 37.0 Å². The standard InChI is InChI=1S/C21H15F5N4O3/c22-20(23)32-15-5-1-3-13(11-15)29-10-8-18(31)19(28-29)17-7-9-27-30(17)14-4-2-6-16(12-14)33-21(24,25)26/h1-6,8-12,17,20H,7H2. The fraction of sp³-hybridized carbons (Fsp3) is 0.190. The minimum absolute atomic E-state index is 0.0670. The summed E-state index contributed by atoms with van der Waals surface area (Å²) in [4.78, 5) is 12.6. The molecule has 1 aliphatic rings. The molecule has 1 unspecified atom stereocenters. The average Bonchev–Trinajstić information content (AvgIpc) is 3.22. The molecule has 0 aliphatic carbocycles. The van der Waals surface area contributed by atoms with Crippen LogP contribution in [0, 0.1) is 0 Å². The Labute approximate surface area is 183 Å². The minimum Gasteiger partial charge on any atom is -0.435 e. The van der Waals surface area contributed by atoms with Crippen LogP contribution in [-0.2, 0) is 0 Å². The molecule has 1 aromatic heterocycles. The molecule has 12 heteroatoms. The first-order valence-electron chi connectivity index (χ1n) is 9.52. The molecule has 0 saturated heterocycles. The summed E-state index contributed by atoms with van der Waals surface area (Å²) < 4.78 is 72.4. The number of alkyl halides is 5. The summed E-state index contributed by atoms with van der Waals surface area (Å²) in [7, 11) is 0. The zero-order valence-electron chi connectivity index (χ0n) is 16.6. The lowest BCUT2D eigenvalue weighted by molar-refractivity contribution is -0.274. The normalized spacial score (nSPS) is 15.8. The maximum Gasteiger partial charge on any atom is 0.573 e. The van der Waals surface area contributed by atoms with Crippen LogP contribution < -0.4 is 19.9 Å². The Balaban J connectivity index is 1.66. The van der Waals surface area contributed by atoms with E-state index in [9.17, 15) is 26.7 Å². The first-order valence-corrected chi connectivity index (χ1v) is 9.52. The third kappa shape index (κ3) is 5.27. The SMILES string of the molecule is O=c1ccn(-c2cccc(OC(F)F)c2)nc1C1CC=NN1c1cccc(OC(F)(F)F)c1. The Kier molecular flexibility index (Phi) is 5.99. The van der Waals surface area contributed by atoms with Crippen molar-refractivity contribution >= 4 is 11.9 Å². The van der Waals surface area contributed by atoms with E-state index in [0.717, 1.165) is 12.1 Å². The van der Waals surface area contributed by atoms with E-state index < -0.39 is 30.2 Å². The molecule has 0 amide bonds. The van der Waals surface area contributed by atoms with Gasteiger partial charge in [0.2, 0.25) is 5.43 Å². The second kappa shape index (κ2) is 8.88. The summed E-state index contributed by atoms with van der Waals surface area (Å²) >= 11 is 0. The largest absolute Gasteiger partial charge is 0.573 e. The molecule has 2 aromatic carbocycles. The Bertz CT molecular complexity index is 1230. The first-order chi connectivity index (χ1) is 15.7. The second-order valence-corrected chi connectivity index (χ2v) is 6.82. The Morgan fingerprint density at radius 1 is 1.00 bits per heavy atom. The van der Waals surface area contributed by atoms with Gasteiger partial charge in [-0.15, -0.1) is 13.2 Å². The molecule has 172 valence electrons. The monoisotopic (exact) mass is 466 g/mol. The lowest BCUT2D eigenvalue weighted by Crippen LogP contribution is -2.27. The van der Waals surface area contributed by atoms with E-state index in [4.69, 9.17) is 0 Å². The molecule has 0 spiro atoms. The van der Waals surface area contributed by atoms with Crippen LogP contribution in [0.25, 0.3) is 5.69 Å². The van der Waals surface area contributed by atoms with Crippen molar-refractivity contribution in [2.45, 2.75) is 25.4 Å². The van der Waals surface area contributed by atoms with Crippen molar-refractivity contribution in [1.29, 1.82) is 0 Å². The number of hydrogen-bond acceptors (Lipinski definition) is 6. The lowest BCUT2D eigenvalue weighted by atomic mass is 10.1. The molecule has 1 atom stereocenters. The molecule has 0 bridgehead atoms. The van der Waals surface area contributed by atoms with Crippen molar-refractivity contribution in [2.24, 2.45) is 5.10 Å². The first kappa shape index (κ1) is 22.2. The van der Waals surface area contributed by atoms with Crippen LogP contribution in [0.3, 0.4) is 0 Å². The van der Waals surface area contributed by atoms with Crippen LogP contribution in [0.5, 0.6) is 11.5 Å². The number of hydrogen-bond donors (Lipinski definition) is 0. The van der Waals surface area contributed by atoms with Gasteiger partial charge in [-0.1, -0.05) is 12.1 Å². The summed E-state index contributed by atoms with van der Waals surface area (Å²) in [6, 6.07) is 11.5. The molecule has 3 aromatic rings. The van der Waals surface area contributed by atoms with Gasteiger partial charge in [0.1, 0.15) is 23.2 Å². The van der Waals surface area contributed by atoms with E-state index in [1.54, 1.807) is 6.07 Å². The number of aromatic nitrogens is 2. The summed E-state index contributed by atoms with van der Waals surface area (Å²) in [6.45, 7) is -3.00. The van der Waals surface area contributed by atoms with E-state index in [1.807, 2.05) is 0 Å². The number of rotatable bonds is 6. The third-order valence-corrected chi connectivity index (χ3v) is 4.60. The highest BCUT2D eigenvalue weighted by Crippen LogP contribution is 2.34. The van der Waals surface area contributed by atoms with Gasteiger partial charge in [0.05, 0.1) is 11.4 Å². The number of anilines is 1. The summed E-state index contributed by atoms with van der Waals surface area (Å²) in [5, 5.41) is 9.87. The van der Waals surface area contributed by atoms with Gasteiger partial charge >= 0.3 is 13.0 Å². The van der Waals surface area contributed by atoms with E-state index in [2.05, 4.69) is 19.7 Å². The van der Waals surface area contributed by atoms with Crippen LogP contribution in [0.15, 0.2) is 70.7 Å². The van der Waals surface area contributed by atoms with E-state index in [-0.39, 0.29) is 23.6 Å². The summed E-state index contributed by atoms with van der Waals surface area (Å²) in [6.07, 6.45) is -1.71. The topological polar surface area (TPSA) is 69.0 Å². The summed E-state index contributed by atoms with van der Waals surface area (Å²) in [5.41, 5.74) is 0.270. The van der Waals surface area contributed by atoms with Gasteiger partial charge in [-0.3, -0.25) is 9.80 Å². The van der Waals surface area contributed by atoms with Gasteiger partial charge in [0.25, 0.3) is 0 Å². The number of ether oxygens (including phenoxy) is 2. The highest BCUT2D eigenvalue weighted by Gasteiger charge is 2.32. The van der Waals surface area contributed by atoms with Crippen LogP contribution >= 0.6 is 0 Å². The van der Waals surface area contributed by atoms with Crippen molar-refractivity contribution in [1.82, 2.24) is 9.78 Å².